The summed E-state index contributed by atoms with van der Waals surface area (Å²) in [6.07, 6.45) is 0. The number of alkyl halides is 2. The van der Waals surface area contributed by atoms with Gasteiger partial charge >= 0.3 is 12.6 Å². The third-order valence-electron chi connectivity index (χ3n) is 3.68. The second-order valence-electron chi connectivity index (χ2n) is 5.52. The molecule has 28 heavy (non-hydrogen) atoms. The Kier molecular flexibility index (Phi) is 5.50. The van der Waals surface area contributed by atoms with Gasteiger partial charge in [0.25, 0.3) is 0 Å². The van der Waals surface area contributed by atoms with Crippen LogP contribution in [0.1, 0.15) is 16.2 Å². The molecule has 1 aromatic heterocycles. The first kappa shape index (κ1) is 18.8. The number of H-pyrrole nitrogens is 1. The Bertz CT molecular complexity index is 1040. The van der Waals surface area contributed by atoms with Crippen molar-refractivity contribution in [3.05, 3.63) is 65.7 Å². The summed E-state index contributed by atoms with van der Waals surface area (Å²) < 4.78 is 33.4. The van der Waals surface area contributed by atoms with E-state index in [1.807, 2.05) is 6.07 Å². The van der Waals surface area contributed by atoms with E-state index in [2.05, 4.69) is 14.7 Å². The van der Waals surface area contributed by atoms with Crippen molar-refractivity contribution in [2.45, 2.75) is 6.61 Å². The molecule has 2 N–H and O–H groups in total. The normalized spacial score (nSPS) is 11.8. The Labute approximate surface area is 157 Å². The van der Waals surface area contributed by atoms with E-state index in [-0.39, 0.29) is 22.7 Å². The summed E-state index contributed by atoms with van der Waals surface area (Å²) in [4.78, 5) is 19.1. The number of para-hydroxylation sites is 2. The van der Waals surface area contributed by atoms with Crippen molar-refractivity contribution >= 4 is 22.6 Å². The number of rotatable bonds is 6. The molecule has 3 aromatic rings. The molecule has 0 aliphatic heterocycles. The molecule has 7 nitrogen and oxygen atoms in total. The average molecular weight is 385 g/mol. The van der Waals surface area contributed by atoms with Gasteiger partial charge in [0.2, 0.25) is 0 Å². The number of fused-ring (bicyclic) bond motifs is 1. The highest BCUT2D eigenvalue weighted by molar-refractivity contribution is 5.90. The number of hydrogen-bond acceptors (Lipinski definition) is 6. The number of aromatic nitrogens is 2. The number of halogens is 2. The first-order valence-electron chi connectivity index (χ1n) is 7.97. The van der Waals surface area contributed by atoms with Crippen molar-refractivity contribution in [2.75, 3.05) is 6.61 Å². The van der Waals surface area contributed by atoms with Crippen LogP contribution in [0.5, 0.6) is 5.75 Å². The van der Waals surface area contributed by atoms with Crippen molar-refractivity contribution in [1.29, 1.82) is 5.26 Å². The SMILES string of the molecule is N#CC(=C(O)COC(=O)c1ccc(OC(F)F)cc1)c1nc2ccccc2[nH]1. The van der Waals surface area contributed by atoms with Crippen molar-refractivity contribution < 1.29 is 28.2 Å². The number of aromatic amines is 1. The van der Waals surface area contributed by atoms with Crippen LogP contribution in [-0.2, 0) is 4.74 Å². The van der Waals surface area contributed by atoms with Crippen molar-refractivity contribution in [3.63, 3.8) is 0 Å². The molecule has 0 amide bonds. The first-order chi connectivity index (χ1) is 13.5. The van der Waals surface area contributed by atoms with Gasteiger partial charge < -0.3 is 19.6 Å². The van der Waals surface area contributed by atoms with Crippen LogP contribution in [0.2, 0.25) is 0 Å². The largest absolute Gasteiger partial charge is 0.507 e. The van der Waals surface area contributed by atoms with Gasteiger partial charge in [0.05, 0.1) is 16.6 Å². The number of allylic oxidation sites excluding steroid dienone is 1. The number of benzene rings is 2. The topological polar surface area (TPSA) is 108 Å². The third-order valence-corrected chi connectivity index (χ3v) is 3.68. The van der Waals surface area contributed by atoms with E-state index in [9.17, 15) is 23.9 Å². The van der Waals surface area contributed by atoms with E-state index in [1.54, 1.807) is 24.3 Å². The number of aliphatic hydroxyl groups is 1. The summed E-state index contributed by atoms with van der Waals surface area (Å²) in [5, 5.41) is 19.5. The average Bonchev–Trinajstić information content (AvgIpc) is 3.10. The van der Waals surface area contributed by atoms with Gasteiger partial charge in [-0.2, -0.15) is 14.0 Å². The molecule has 0 spiro atoms. The van der Waals surface area contributed by atoms with Gasteiger partial charge in [0.1, 0.15) is 24.0 Å². The minimum Gasteiger partial charge on any atom is -0.507 e. The smallest absolute Gasteiger partial charge is 0.387 e. The molecule has 0 unspecified atom stereocenters. The number of esters is 1. The third kappa shape index (κ3) is 4.24. The zero-order valence-electron chi connectivity index (χ0n) is 14.2. The minimum absolute atomic E-state index is 0.0664. The molecule has 1 heterocycles. The molecule has 0 saturated heterocycles. The highest BCUT2D eigenvalue weighted by Gasteiger charge is 2.16. The van der Waals surface area contributed by atoms with Gasteiger partial charge in [0.15, 0.2) is 11.6 Å². The Hall–Kier alpha value is -3.93. The standard InChI is InChI=1S/C19H13F2N3O4/c20-19(21)28-12-7-5-11(6-8-12)18(26)27-10-16(25)13(9-22)17-23-14-3-1-2-4-15(14)24-17/h1-8,19,25H,10H2,(H,23,24). The molecule has 0 radical (unpaired) electrons. The Balaban J connectivity index is 1.71. The van der Waals surface area contributed by atoms with Crippen LogP contribution in [0.15, 0.2) is 54.3 Å². The number of nitrogens with one attached hydrogen (secondary N) is 1. The molecule has 0 fully saturated rings. The number of imidazole rings is 1. The molecule has 0 aliphatic carbocycles. The minimum atomic E-state index is -2.97. The van der Waals surface area contributed by atoms with Gasteiger partial charge in [-0.1, -0.05) is 12.1 Å². The Morgan fingerprint density at radius 2 is 1.93 bits per heavy atom. The summed E-state index contributed by atoms with van der Waals surface area (Å²) in [5.41, 5.74) is 1.20. The summed E-state index contributed by atoms with van der Waals surface area (Å²) >= 11 is 0. The lowest BCUT2D eigenvalue weighted by atomic mass is 10.2. The maximum absolute atomic E-state index is 12.1. The number of carbonyl (C=O) groups excluding carboxylic acids is 1. The fourth-order valence-electron chi connectivity index (χ4n) is 2.39. The lowest BCUT2D eigenvalue weighted by molar-refractivity contribution is -0.0498. The summed E-state index contributed by atoms with van der Waals surface area (Å²) in [5.74, 6) is -1.25. The Morgan fingerprint density at radius 3 is 2.57 bits per heavy atom. The molecule has 0 atom stereocenters. The quantitative estimate of drug-likeness (QED) is 0.379. The molecule has 0 saturated carbocycles. The van der Waals surface area contributed by atoms with Crippen LogP contribution in [0.25, 0.3) is 16.6 Å². The van der Waals surface area contributed by atoms with Crippen molar-refractivity contribution in [3.8, 4) is 11.8 Å². The zero-order valence-corrected chi connectivity index (χ0v) is 14.2. The molecule has 0 aliphatic rings. The van der Waals surface area contributed by atoms with Gasteiger partial charge in [-0.3, -0.25) is 0 Å². The zero-order chi connectivity index (χ0) is 20.1. The molecular weight excluding hydrogens is 372 g/mol. The number of nitriles is 1. The van der Waals surface area contributed by atoms with Gasteiger partial charge in [-0.25, -0.2) is 9.78 Å². The number of carbonyl (C=O) groups is 1. The number of hydrogen-bond donors (Lipinski definition) is 2. The van der Waals surface area contributed by atoms with Crippen LogP contribution in [0.4, 0.5) is 8.78 Å². The predicted molar refractivity (Wildman–Crippen MR) is 94.6 cm³/mol. The van der Waals surface area contributed by atoms with E-state index in [4.69, 9.17) is 4.74 Å². The lowest BCUT2D eigenvalue weighted by Gasteiger charge is -2.07. The van der Waals surface area contributed by atoms with Gasteiger partial charge in [-0.15, -0.1) is 0 Å². The van der Waals surface area contributed by atoms with Crippen LogP contribution < -0.4 is 4.74 Å². The van der Waals surface area contributed by atoms with E-state index in [0.29, 0.717) is 11.0 Å². The molecule has 2 aromatic carbocycles. The fourth-order valence-corrected chi connectivity index (χ4v) is 2.39. The van der Waals surface area contributed by atoms with Crippen molar-refractivity contribution in [2.24, 2.45) is 0 Å². The number of aliphatic hydroxyl groups excluding tert-OH is 1. The summed E-state index contributed by atoms with van der Waals surface area (Å²) in [6.45, 7) is -3.53. The van der Waals surface area contributed by atoms with Crippen LogP contribution in [0.3, 0.4) is 0 Å². The first-order valence-corrected chi connectivity index (χ1v) is 7.97. The van der Waals surface area contributed by atoms with E-state index < -0.39 is 24.9 Å². The van der Waals surface area contributed by atoms with E-state index in [0.717, 1.165) is 0 Å². The summed E-state index contributed by atoms with van der Waals surface area (Å²) in [7, 11) is 0. The monoisotopic (exact) mass is 385 g/mol. The fraction of sp³-hybridized carbons (Fsp3) is 0.105. The number of nitrogens with zero attached hydrogens (tertiary/aromatic N) is 2. The second kappa shape index (κ2) is 8.18. The van der Waals surface area contributed by atoms with Crippen LogP contribution >= 0.6 is 0 Å². The molecular formula is C19H13F2N3O4. The van der Waals surface area contributed by atoms with Crippen LogP contribution in [0, 0.1) is 11.3 Å². The Morgan fingerprint density at radius 1 is 1.21 bits per heavy atom. The molecule has 142 valence electrons. The molecule has 3 rings (SSSR count). The van der Waals surface area contributed by atoms with Gasteiger partial charge in [-0.05, 0) is 36.4 Å². The van der Waals surface area contributed by atoms with Crippen LogP contribution in [-0.4, -0.2) is 34.3 Å². The van der Waals surface area contributed by atoms with E-state index >= 15 is 0 Å². The molecule has 0 bridgehead atoms. The van der Waals surface area contributed by atoms with Crippen molar-refractivity contribution in [1.82, 2.24) is 9.97 Å². The lowest BCUT2D eigenvalue weighted by Crippen LogP contribution is -2.09. The highest BCUT2D eigenvalue weighted by atomic mass is 19.3. The summed E-state index contributed by atoms with van der Waals surface area (Å²) in [6, 6.07) is 13.8. The van der Waals surface area contributed by atoms with E-state index in [1.165, 1.54) is 24.3 Å². The van der Waals surface area contributed by atoms with Gasteiger partial charge in [0, 0.05) is 0 Å². The highest BCUT2D eigenvalue weighted by Crippen LogP contribution is 2.19. The maximum atomic E-state index is 12.1. The maximum Gasteiger partial charge on any atom is 0.387 e. The second-order valence-corrected chi connectivity index (χ2v) is 5.52. The molecule has 9 heteroatoms. The predicted octanol–water partition coefficient (Wildman–Crippen LogP) is 3.81. The number of ether oxygens (including phenoxy) is 2.